The lowest BCUT2D eigenvalue weighted by Crippen LogP contribution is -2.29. The minimum atomic E-state index is 0.0362. The SMILES string of the molecule is Cc1nc(CCNC(=O)C(C)C)co1. The van der Waals surface area contributed by atoms with E-state index in [1.54, 1.807) is 13.2 Å². The van der Waals surface area contributed by atoms with E-state index < -0.39 is 0 Å². The fourth-order valence-corrected chi connectivity index (χ4v) is 1.04. The maximum Gasteiger partial charge on any atom is 0.222 e. The summed E-state index contributed by atoms with van der Waals surface area (Å²) in [5, 5.41) is 2.82. The molecular formula is C10H16N2O2. The van der Waals surface area contributed by atoms with E-state index in [9.17, 15) is 4.79 Å². The topological polar surface area (TPSA) is 55.1 Å². The number of hydrogen-bond donors (Lipinski definition) is 1. The number of rotatable bonds is 4. The van der Waals surface area contributed by atoms with Crippen LogP contribution in [0.5, 0.6) is 0 Å². The van der Waals surface area contributed by atoms with Crippen LogP contribution in [0.15, 0.2) is 10.7 Å². The predicted molar refractivity (Wildman–Crippen MR) is 52.8 cm³/mol. The van der Waals surface area contributed by atoms with Crippen molar-refractivity contribution in [3.05, 3.63) is 17.8 Å². The highest BCUT2D eigenvalue weighted by atomic mass is 16.3. The summed E-state index contributed by atoms with van der Waals surface area (Å²) in [6, 6.07) is 0. The lowest BCUT2D eigenvalue weighted by Gasteiger charge is -2.05. The van der Waals surface area contributed by atoms with Crippen LogP contribution in [0.2, 0.25) is 0 Å². The first-order chi connectivity index (χ1) is 6.59. The van der Waals surface area contributed by atoms with Gasteiger partial charge in [-0.05, 0) is 0 Å². The number of carbonyl (C=O) groups is 1. The molecule has 0 aliphatic rings. The van der Waals surface area contributed by atoms with Gasteiger partial charge in [-0.1, -0.05) is 13.8 Å². The Labute approximate surface area is 83.7 Å². The number of aromatic nitrogens is 1. The minimum Gasteiger partial charge on any atom is -0.449 e. The van der Waals surface area contributed by atoms with Gasteiger partial charge in [-0.2, -0.15) is 0 Å². The molecule has 0 fully saturated rings. The number of amides is 1. The lowest BCUT2D eigenvalue weighted by molar-refractivity contribution is -0.123. The Morgan fingerprint density at radius 3 is 2.86 bits per heavy atom. The molecule has 0 aliphatic carbocycles. The van der Waals surface area contributed by atoms with Crippen LogP contribution in [0.4, 0.5) is 0 Å². The summed E-state index contributed by atoms with van der Waals surface area (Å²) in [5.41, 5.74) is 0.881. The van der Waals surface area contributed by atoms with Gasteiger partial charge in [-0.15, -0.1) is 0 Å². The van der Waals surface area contributed by atoms with Crippen molar-refractivity contribution in [1.82, 2.24) is 10.3 Å². The minimum absolute atomic E-state index is 0.0362. The number of oxazole rings is 1. The Balaban J connectivity index is 2.25. The van der Waals surface area contributed by atoms with E-state index in [0.717, 1.165) is 12.1 Å². The van der Waals surface area contributed by atoms with Crippen molar-refractivity contribution in [1.29, 1.82) is 0 Å². The normalized spacial score (nSPS) is 10.6. The Hall–Kier alpha value is -1.32. The molecule has 0 bridgehead atoms. The Morgan fingerprint density at radius 1 is 1.64 bits per heavy atom. The molecule has 4 nitrogen and oxygen atoms in total. The third-order valence-electron chi connectivity index (χ3n) is 1.87. The number of nitrogens with zero attached hydrogens (tertiary/aromatic N) is 1. The summed E-state index contributed by atoms with van der Waals surface area (Å²) < 4.78 is 5.05. The van der Waals surface area contributed by atoms with Crippen molar-refractivity contribution in [2.24, 2.45) is 5.92 Å². The molecule has 1 heterocycles. The van der Waals surface area contributed by atoms with Gasteiger partial charge in [-0.25, -0.2) is 4.98 Å². The van der Waals surface area contributed by atoms with Crippen molar-refractivity contribution in [2.75, 3.05) is 6.54 Å². The van der Waals surface area contributed by atoms with Gasteiger partial charge in [0.05, 0.1) is 5.69 Å². The molecule has 0 spiro atoms. The zero-order valence-corrected chi connectivity index (χ0v) is 8.83. The number of carbonyl (C=O) groups excluding carboxylic acids is 1. The Kier molecular flexibility index (Phi) is 3.68. The highest BCUT2D eigenvalue weighted by Crippen LogP contribution is 2.00. The van der Waals surface area contributed by atoms with Crippen molar-refractivity contribution in [2.45, 2.75) is 27.2 Å². The number of nitrogens with one attached hydrogen (secondary N) is 1. The second-order valence-corrected chi connectivity index (χ2v) is 3.55. The van der Waals surface area contributed by atoms with Crippen LogP contribution in [0.1, 0.15) is 25.4 Å². The summed E-state index contributed by atoms with van der Waals surface area (Å²) in [7, 11) is 0. The molecule has 1 aromatic heterocycles. The predicted octanol–water partition coefficient (Wildman–Crippen LogP) is 1.30. The lowest BCUT2D eigenvalue weighted by atomic mass is 10.2. The monoisotopic (exact) mass is 196 g/mol. The molecule has 1 rings (SSSR count). The maximum absolute atomic E-state index is 11.2. The first-order valence-corrected chi connectivity index (χ1v) is 4.78. The molecule has 78 valence electrons. The van der Waals surface area contributed by atoms with Crippen molar-refractivity contribution in [3.63, 3.8) is 0 Å². The van der Waals surface area contributed by atoms with Gasteiger partial charge >= 0.3 is 0 Å². The van der Waals surface area contributed by atoms with Crippen LogP contribution in [-0.2, 0) is 11.2 Å². The molecule has 0 saturated heterocycles. The second-order valence-electron chi connectivity index (χ2n) is 3.55. The van der Waals surface area contributed by atoms with E-state index >= 15 is 0 Å². The Morgan fingerprint density at radius 2 is 2.36 bits per heavy atom. The highest BCUT2D eigenvalue weighted by Gasteiger charge is 2.06. The van der Waals surface area contributed by atoms with Crippen LogP contribution in [0.25, 0.3) is 0 Å². The maximum atomic E-state index is 11.2. The van der Waals surface area contributed by atoms with E-state index in [4.69, 9.17) is 4.42 Å². The molecule has 1 aromatic rings. The summed E-state index contributed by atoms with van der Waals surface area (Å²) in [4.78, 5) is 15.3. The number of hydrogen-bond acceptors (Lipinski definition) is 3. The van der Waals surface area contributed by atoms with Crippen LogP contribution >= 0.6 is 0 Å². The van der Waals surface area contributed by atoms with Crippen LogP contribution in [0.3, 0.4) is 0 Å². The summed E-state index contributed by atoms with van der Waals surface area (Å²) in [6.45, 7) is 6.16. The van der Waals surface area contributed by atoms with Crippen molar-refractivity contribution >= 4 is 5.91 Å². The molecule has 0 atom stereocenters. The molecular weight excluding hydrogens is 180 g/mol. The molecule has 4 heteroatoms. The van der Waals surface area contributed by atoms with Gasteiger partial charge in [0.2, 0.25) is 5.91 Å². The highest BCUT2D eigenvalue weighted by molar-refractivity contribution is 5.77. The number of aryl methyl sites for hydroxylation is 1. The average Bonchev–Trinajstić information content (AvgIpc) is 2.51. The molecule has 0 aliphatic heterocycles. The zero-order chi connectivity index (χ0) is 10.6. The third-order valence-corrected chi connectivity index (χ3v) is 1.87. The second kappa shape index (κ2) is 4.79. The molecule has 0 aromatic carbocycles. The molecule has 0 radical (unpaired) electrons. The molecule has 1 amide bonds. The fraction of sp³-hybridized carbons (Fsp3) is 0.600. The summed E-state index contributed by atoms with van der Waals surface area (Å²) in [5.74, 6) is 0.773. The van der Waals surface area contributed by atoms with E-state index in [0.29, 0.717) is 12.4 Å². The quantitative estimate of drug-likeness (QED) is 0.789. The molecule has 14 heavy (non-hydrogen) atoms. The van der Waals surface area contributed by atoms with Gasteiger partial charge in [-0.3, -0.25) is 4.79 Å². The molecule has 0 unspecified atom stereocenters. The molecule has 1 N–H and O–H groups in total. The van der Waals surface area contributed by atoms with Gasteiger partial charge in [0, 0.05) is 25.8 Å². The van der Waals surface area contributed by atoms with Crippen LogP contribution in [-0.4, -0.2) is 17.4 Å². The van der Waals surface area contributed by atoms with Crippen LogP contribution < -0.4 is 5.32 Å². The van der Waals surface area contributed by atoms with E-state index in [2.05, 4.69) is 10.3 Å². The summed E-state index contributed by atoms with van der Waals surface area (Å²) >= 11 is 0. The van der Waals surface area contributed by atoms with Gasteiger partial charge in [0.15, 0.2) is 5.89 Å². The van der Waals surface area contributed by atoms with Crippen molar-refractivity contribution in [3.8, 4) is 0 Å². The van der Waals surface area contributed by atoms with E-state index in [1.807, 2.05) is 13.8 Å². The standard InChI is InChI=1S/C10H16N2O2/c1-7(2)10(13)11-5-4-9-6-14-8(3)12-9/h6-7H,4-5H2,1-3H3,(H,11,13). The van der Waals surface area contributed by atoms with Gasteiger partial charge in [0.1, 0.15) is 6.26 Å². The van der Waals surface area contributed by atoms with Crippen LogP contribution in [0, 0.1) is 12.8 Å². The third kappa shape index (κ3) is 3.20. The molecule has 0 saturated carbocycles. The van der Waals surface area contributed by atoms with Gasteiger partial charge in [0.25, 0.3) is 0 Å². The summed E-state index contributed by atoms with van der Waals surface area (Å²) in [6.07, 6.45) is 2.34. The Bertz CT molecular complexity index is 305. The zero-order valence-electron chi connectivity index (χ0n) is 8.83. The van der Waals surface area contributed by atoms with E-state index in [1.165, 1.54) is 0 Å². The first-order valence-electron chi connectivity index (χ1n) is 4.78. The average molecular weight is 196 g/mol. The largest absolute Gasteiger partial charge is 0.449 e. The first kappa shape index (κ1) is 10.8. The smallest absolute Gasteiger partial charge is 0.222 e. The van der Waals surface area contributed by atoms with E-state index in [-0.39, 0.29) is 11.8 Å². The fourth-order valence-electron chi connectivity index (χ4n) is 1.04. The van der Waals surface area contributed by atoms with Crippen molar-refractivity contribution < 1.29 is 9.21 Å². The van der Waals surface area contributed by atoms with Gasteiger partial charge < -0.3 is 9.73 Å².